The number of hydrogen-bond acceptors (Lipinski definition) is 2. The number of rotatable bonds is 7. The molecule has 14 aromatic rings. The third-order valence-corrected chi connectivity index (χ3v) is 24.3. The van der Waals surface area contributed by atoms with E-state index < -0.39 is 0 Å². The van der Waals surface area contributed by atoms with Gasteiger partial charge in [0, 0.05) is 61.4 Å². The van der Waals surface area contributed by atoms with Gasteiger partial charge in [0.2, 0.25) is 0 Å². The van der Waals surface area contributed by atoms with Gasteiger partial charge in [-0.2, -0.15) is 0 Å². The molecule has 510 valence electrons. The maximum atomic E-state index is 2.65. The van der Waals surface area contributed by atoms with Crippen LogP contribution in [0.15, 0.2) is 243 Å². The zero-order valence-corrected chi connectivity index (χ0v) is 63.4. The molecule has 12 aromatic carbocycles. The molecule has 4 heterocycles. The first kappa shape index (κ1) is 65.0. The highest BCUT2D eigenvalue weighted by atomic mass is 15.2. The second-order valence-electron chi connectivity index (χ2n) is 36.5. The lowest BCUT2D eigenvalue weighted by molar-refractivity contribution is 0.402. The van der Waals surface area contributed by atoms with Gasteiger partial charge in [-0.25, -0.2) is 0 Å². The molecule has 2 aliphatic carbocycles. The van der Waals surface area contributed by atoms with E-state index in [4.69, 9.17) is 0 Å². The largest absolute Gasteiger partial charge is 0.311 e. The molecule has 4 nitrogen and oxygen atoms in total. The van der Waals surface area contributed by atoms with Crippen LogP contribution in [-0.2, 0) is 37.9 Å². The van der Waals surface area contributed by atoms with E-state index in [-0.39, 0.29) is 44.6 Å². The minimum absolute atomic E-state index is 0.0610. The van der Waals surface area contributed by atoms with Crippen LogP contribution in [0.3, 0.4) is 0 Å². The minimum Gasteiger partial charge on any atom is -0.311 e. The predicted octanol–water partition coefficient (Wildman–Crippen LogP) is 24.8. The molecule has 0 N–H and O–H groups in total. The van der Waals surface area contributed by atoms with Crippen molar-refractivity contribution in [1.29, 1.82) is 0 Å². The summed E-state index contributed by atoms with van der Waals surface area (Å²) in [6.45, 7) is 40.3. The predicted molar refractivity (Wildman–Crippen MR) is 443 cm³/mol. The van der Waals surface area contributed by atoms with Crippen molar-refractivity contribution in [3.05, 3.63) is 282 Å². The summed E-state index contributed by atoms with van der Waals surface area (Å²) in [6.07, 6.45) is 2.26. The van der Waals surface area contributed by atoms with Crippen molar-refractivity contribution in [2.24, 2.45) is 0 Å². The monoisotopic (exact) mass is 1340 g/mol. The number of para-hydroxylation sites is 2. The zero-order chi connectivity index (χ0) is 71.6. The van der Waals surface area contributed by atoms with Crippen LogP contribution < -0.4 is 26.2 Å². The van der Waals surface area contributed by atoms with Gasteiger partial charge in [0.1, 0.15) is 0 Å². The molecule has 2 aliphatic heterocycles. The summed E-state index contributed by atoms with van der Waals surface area (Å²) in [4.78, 5) is 5.29. The van der Waals surface area contributed by atoms with E-state index in [1.165, 1.54) is 138 Å². The van der Waals surface area contributed by atoms with E-state index >= 15 is 0 Å². The number of fused-ring (bicyclic) bond motifs is 12. The molecule has 18 rings (SSSR count). The van der Waals surface area contributed by atoms with Crippen molar-refractivity contribution in [2.75, 3.05) is 9.80 Å². The lowest BCUT2D eigenvalue weighted by Gasteiger charge is -2.45. The standard InChI is InChI=1S/C98H95BN4/c1-92(2,3)65-37-48-85-74(53-65)75-54-66(93(4,5)6)38-49-86(75)103(85)70-56-89-91-90(57-70)101(68-41-32-61(33-42-68)63-35-45-78-80(51-63)98(16,17)59-96(78,12)13)88-55-69(102-83-28-22-19-25-72(83)73-26-20-23-29-84(73)102)43-47-82(88)99(91)81-46-36-64(71-24-18-21-27-76(71)94(7,8)9)52-87(81)100(89)67-39-30-60(31-40-67)62-34-44-77-79(50-62)97(14,15)58-95(77,10)11/h18-57H,58-59H2,1-17H3. The molecule has 4 aliphatic rings. The first-order valence-corrected chi connectivity index (χ1v) is 37.7. The average molecular weight is 1340 g/mol. The summed E-state index contributed by atoms with van der Waals surface area (Å²) in [7, 11) is 0. The maximum Gasteiger partial charge on any atom is 0.252 e. The van der Waals surface area contributed by atoms with Gasteiger partial charge in [-0.05, 0) is 230 Å². The maximum absolute atomic E-state index is 2.65. The molecular formula is C98H95BN4. The number of hydrogen-bond donors (Lipinski definition) is 0. The smallest absolute Gasteiger partial charge is 0.252 e. The average Bonchev–Trinajstić information content (AvgIpc) is 0.932. The summed E-state index contributed by atoms with van der Waals surface area (Å²) in [5.41, 5.74) is 35.1. The zero-order valence-electron chi connectivity index (χ0n) is 63.4. The van der Waals surface area contributed by atoms with Crippen molar-refractivity contribution >= 4 is 101 Å². The lowest BCUT2D eigenvalue weighted by atomic mass is 9.33. The molecule has 0 fully saturated rings. The molecule has 5 heteroatoms. The Labute approximate surface area is 610 Å². The Kier molecular flexibility index (Phi) is 14.0. The minimum atomic E-state index is -0.158. The van der Waals surface area contributed by atoms with Crippen molar-refractivity contribution in [2.45, 2.75) is 168 Å². The Morgan fingerprint density at radius 2 is 0.680 bits per heavy atom. The third kappa shape index (κ3) is 10.1. The normalized spacial score (nSPS) is 16.2. The van der Waals surface area contributed by atoms with Crippen LogP contribution in [0.4, 0.5) is 34.1 Å². The summed E-state index contributed by atoms with van der Waals surface area (Å²) < 4.78 is 5.10. The van der Waals surface area contributed by atoms with Crippen LogP contribution >= 0.6 is 0 Å². The van der Waals surface area contributed by atoms with E-state index in [9.17, 15) is 0 Å². The highest BCUT2D eigenvalue weighted by Gasteiger charge is 2.47. The van der Waals surface area contributed by atoms with Gasteiger partial charge < -0.3 is 18.9 Å². The fourth-order valence-electron chi connectivity index (χ4n) is 19.7. The van der Waals surface area contributed by atoms with E-state index in [0.29, 0.717) is 0 Å². The molecular weight excluding hydrogens is 1240 g/mol. The third-order valence-electron chi connectivity index (χ3n) is 24.3. The molecule has 103 heavy (non-hydrogen) atoms. The molecule has 0 atom stereocenters. The van der Waals surface area contributed by atoms with Crippen LogP contribution in [0.25, 0.3) is 88.4 Å². The van der Waals surface area contributed by atoms with E-state index in [2.05, 4.69) is 379 Å². The Balaban J connectivity index is 0.942. The molecule has 0 saturated heterocycles. The van der Waals surface area contributed by atoms with Crippen molar-refractivity contribution in [3.8, 4) is 44.8 Å². The molecule has 0 radical (unpaired) electrons. The SMILES string of the molecule is CC(C)(C)c1ccc2c(c1)c1cc(C(C)(C)C)ccc1n2-c1cc2c3c(c1)N(c1ccc(-c4ccc5c(c4)C(C)(C)CC5(C)C)cc1)c1cc(-n4c5ccccc5c5ccccc54)ccc1B3c1ccc(-c3ccccc3C(C)(C)C)cc1N2c1ccc(-c2ccc3c(c2)C(C)(C)CC3(C)C)cc1. The topological polar surface area (TPSA) is 16.3 Å². The quantitative estimate of drug-likeness (QED) is 0.148. The Bertz CT molecular complexity index is 5760. The fourth-order valence-corrected chi connectivity index (χ4v) is 19.7. The summed E-state index contributed by atoms with van der Waals surface area (Å²) >= 11 is 0. The molecule has 0 unspecified atom stereocenters. The Hall–Kier alpha value is -10.1. The number of benzene rings is 12. The van der Waals surface area contributed by atoms with Crippen LogP contribution in [-0.4, -0.2) is 15.8 Å². The molecule has 0 spiro atoms. The molecule has 2 aromatic heterocycles. The van der Waals surface area contributed by atoms with Crippen LogP contribution in [0, 0.1) is 0 Å². The summed E-state index contributed by atoms with van der Waals surface area (Å²) in [6, 6.07) is 95.3. The van der Waals surface area contributed by atoms with Crippen LogP contribution in [0.2, 0.25) is 0 Å². The fraction of sp³-hybridized carbons (Fsp3) is 0.265. The van der Waals surface area contributed by atoms with Gasteiger partial charge in [0.15, 0.2) is 0 Å². The van der Waals surface area contributed by atoms with Crippen molar-refractivity contribution in [3.63, 3.8) is 0 Å². The van der Waals surface area contributed by atoms with Crippen molar-refractivity contribution in [1.82, 2.24) is 9.13 Å². The van der Waals surface area contributed by atoms with Gasteiger partial charge in [-0.1, -0.05) is 269 Å². The Morgan fingerprint density at radius 1 is 0.291 bits per heavy atom. The number of aromatic nitrogens is 2. The molecule has 0 amide bonds. The second-order valence-corrected chi connectivity index (χ2v) is 36.5. The summed E-state index contributed by atoms with van der Waals surface area (Å²) in [5.74, 6) is 0. The van der Waals surface area contributed by atoms with E-state index in [0.717, 1.165) is 52.7 Å². The van der Waals surface area contributed by atoms with Crippen LogP contribution in [0.5, 0.6) is 0 Å². The number of nitrogens with zero attached hydrogens (tertiary/aromatic N) is 4. The second kappa shape index (κ2) is 22.2. The first-order chi connectivity index (χ1) is 48.9. The number of anilines is 6. The lowest BCUT2D eigenvalue weighted by Crippen LogP contribution is -2.61. The molecule has 0 bridgehead atoms. The highest BCUT2D eigenvalue weighted by molar-refractivity contribution is 7.00. The first-order valence-electron chi connectivity index (χ1n) is 37.7. The van der Waals surface area contributed by atoms with Gasteiger partial charge >= 0.3 is 0 Å². The summed E-state index contributed by atoms with van der Waals surface area (Å²) in [5, 5.41) is 5.03. The van der Waals surface area contributed by atoms with Gasteiger partial charge in [0.25, 0.3) is 6.71 Å². The van der Waals surface area contributed by atoms with Gasteiger partial charge in [0.05, 0.1) is 27.8 Å². The van der Waals surface area contributed by atoms with Gasteiger partial charge in [-0.15, -0.1) is 0 Å². The van der Waals surface area contributed by atoms with Gasteiger partial charge in [-0.3, -0.25) is 0 Å². The van der Waals surface area contributed by atoms with Crippen LogP contribution in [0.1, 0.15) is 169 Å². The van der Waals surface area contributed by atoms with E-state index in [1.54, 1.807) is 0 Å². The molecule has 0 saturated carbocycles. The van der Waals surface area contributed by atoms with E-state index in [1.807, 2.05) is 0 Å². The van der Waals surface area contributed by atoms with Crippen molar-refractivity contribution < 1.29 is 0 Å². The highest BCUT2D eigenvalue weighted by Crippen LogP contribution is 2.54. The Morgan fingerprint density at radius 3 is 1.17 bits per heavy atom.